The van der Waals surface area contributed by atoms with Gasteiger partial charge in [0.25, 0.3) is 0 Å². The molecule has 5 rings (SSSR count). The Hall–Kier alpha value is -3.37. The second kappa shape index (κ2) is 11.1. The third kappa shape index (κ3) is 5.55. The minimum atomic E-state index is 0.113. The van der Waals surface area contributed by atoms with E-state index in [2.05, 4.69) is 107 Å². The van der Waals surface area contributed by atoms with E-state index in [4.69, 9.17) is 0 Å². The number of piperidine rings is 1. The summed E-state index contributed by atoms with van der Waals surface area (Å²) in [5.74, 6) is 0.651. The highest BCUT2D eigenvalue weighted by Gasteiger charge is 2.26. The van der Waals surface area contributed by atoms with E-state index < -0.39 is 0 Å². The van der Waals surface area contributed by atoms with Crippen LogP contribution in [0.1, 0.15) is 48.1 Å². The molecule has 0 unspecified atom stereocenters. The van der Waals surface area contributed by atoms with Gasteiger partial charge in [0.15, 0.2) is 0 Å². The van der Waals surface area contributed by atoms with Gasteiger partial charge in [-0.2, -0.15) is 0 Å². The number of carbonyl (C=O) groups is 1. The van der Waals surface area contributed by atoms with Crippen molar-refractivity contribution in [3.05, 3.63) is 107 Å². The second-order valence-corrected chi connectivity index (χ2v) is 10.3. The summed E-state index contributed by atoms with van der Waals surface area (Å²) in [6.45, 7) is 8.78. The maximum atomic E-state index is 12.9. The Kier molecular flexibility index (Phi) is 7.52. The number of para-hydroxylation sites is 1. The first-order valence-electron chi connectivity index (χ1n) is 13.2. The minimum Gasteiger partial charge on any atom is -0.355 e. The molecule has 4 nitrogen and oxygen atoms in total. The van der Waals surface area contributed by atoms with Crippen LogP contribution < -0.4 is 5.32 Å². The topological polar surface area (TPSA) is 37.3 Å². The molecule has 1 amide bonds. The smallest absolute Gasteiger partial charge is 0.223 e. The van der Waals surface area contributed by atoms with Gasteiger partial charge in [0, 0.05) is 36.8 Å². The summed E-state index contributed by atoms with van der Waals surface area (Å²) in [6.07, 6.45) is 1.84. The third-order valence-electron chi connectivity index (χ3n) is 7.78. The highest BCUT2D eigenvalue weighted by atomic mass is 16.1. The summed E-state index contributed by atoms with van der Waals surface area (Å²) in [4.78, 5) is 15.4. The summed E-state index contributed by atoms with van der Waals surface area (Å²) in [5.41, 5.74) is 6.60. The first-order chi connectivity index (χ1) is 17.6. The van der Waals surface area contributed by atoms with Crippen molar-refractivity contribution in [1.29, 1.82) is 0 Å². The number of amides is 1. The fourth-order valence-corrected chi connectivity index (χ4v) is 5.42. The molecule has 2 heterocycles. The highest BCUT2D eigenvalue weighted by Crippen LogP contribution is 2.26. The number of fused-ring (bicyclic) bond motifs is 1. The molecule has 3 aromatic carbocycles. The van der Waals surface area contributed by atoms with E-state index in [0.29, 0.717) is 12.5 Å². The first-order valence-corrected chi connectivity index (χ1v) is 13.2. The maximum Gasteiger partial charge on any atom is 0.223 e. The van der Waals surface area contributed by atoms with Gasteiger partial charge in [-0.05, 0) is 73.0 Å². The quantitative estimate of drug-likeness (QED) is 0.330. The summed E-state index contributed by atoms with van der Waals surface area (Å²) >= 11 is 0. The van der Waals surface area contributed by atoms with Gasteiger partial charge in [-0.25, -0.2) is 0 Å². The molecule has 0 spiro atoms. The molecule has 1 aliphatic rings. The number of nitrogens with one attached hydrogen (secondary N) is 1. The van der Waals surface area contributed by atoms with Crippen molar-refractivity contribution < 1.29 is 4.79 Å². The van der Waals surface area contributed by atoms with E-state index in [9.17, 15) is 4.79 Å². The Balaban J connectivity index is 1.20. The number of carbonyl (C=O) groups excluding carboxylic acids is 1. The molecule has 0 bridgehead atoms. The van der Waals surface area contributed by atoms with E-state index in [0.717, 1.165) is 39.0 Å². The lowest BCUT2D eigenvalue weighted by atomic mass is 9.95. The zero-order valence-electron chi connectivity index (χ0n) is 21.5. The molecule has 1 saturated heterocycles. The van der Waals surface area contributed by atoms with Crippen LogP contribution in [0.25, 0.3) is 10.9 Å². The van der Waals surface area contributed by atoms with Crippen LogP contribution in [0.2, 0.25) is 0 Å². The summed E-state index contributed by atoms with van der Waals surface area (Å²) < 4.78 is 2.47. The van der Waals surface area contributed by atoms with Gasteiger partial charge in [-0.15, -0.1) is 0 Å². The van der Waals surface area contributed by atoms with Crippen molar-refractivity contribution >= 4 is 16.8 Å². The number of rotatable bonds is 8. The SMILES string of the molecule is Cc1ccccc1Cn1c(CN2CCC(C(=O)NC[C@H](C)c3ccccc3)CC2)cc2ccccc21. The van der Waals surface area contributed by atoms with Gasteiger partial charge < -0.3 is 9.88 Å². The zero-order chi connectivity index (χ0) is 24.9. The molecule has 1 fully saturated rings. The molecular formula is C32H37N3O. The number of hydrogen-bond donors (Lipinski definition) is 1. The number of nitrogens with zero attached hydrogens (tertiary/aromatic N) is 2. The molecule has 0 radical (unpaired) electrons. The summed E-state index contributed by atoms with van der Waals surface area (Å²) in [5, 5.41) is 4.51. The van der Waals surface area contributed by atoms with Crippen LogP contribution in [-0.2, 0) is 17.9 Å². The molecule has 1 aliphatic heterocycles. The molecule has 4 heteroatoms. The second-order valence-electron chi connectivity index (χ2n) is 10.3. The van der Waals surface area contributed by atoms with Crippen molar-refractivity contribution in [3.8, 4) is 0 Å². The minimum absolute atomic E-state index is 0.113. The Bertz CT molecular complexity index is 1300. The van der Waals surface area contributed by atoms with E-state index in [1.54, 1.807) is 0 Å². The molecule has 1 N–H and O–H groups in total. The van der Waals surface area contributed by atoms with E-state index in [-0.39, 0.29) is 11.8 Å². The lowest BCUT2D eigenvalue weighted by Crippen LogP contribution is -2.41. The normalized spacial score (nSPS) is 15.7. The molecule has 1 aromatic heterocycles. The summed E-state index contributed by atoms with van der Waals surface area (Å²) in [7, 11) is 0. The lowest BCUT2D eigenvalue weighted by molar-refractivity contribution is -0.126. The molecular weight excluding hydrogens is 442 g/mol. The third-order valence-corrected chi connectivity index (χ3v) is 7.78. The van der Waals surface area contributed by atoms with Crippen LogP contribution in [0.15, 0.2) is 84.9 Å². The van der Waals surface area contributed by atoms with Crippen molar-refractivity contribution in [3.63, 3.8) is 0 Å². The van der Waals surface area contributed by atoms with Gasteiger partial charge in [-0.3, -0.25) is 9.69 Å². The molecule has 186 valence electrons. The molecule has 0 saturated carbocycles. The monoisotopic (exact) mass is 479 g/mol. The van der Waals surface area contributed by atoms with Crippen LogP contribution in [-0.4, -0.2) is 35.0 Å². The standard InChI is InChI=1S/C32H37N3O/c1-24-10-6-7-14-29(24)22-35-30(20-28-13-8-9-15-31(28)35)23-34-18-16-27(17-19-34)32(36)33-21-25(2)26-11-4-3-5-12-26/h3-15,20,25,27H,16-19,21-23H2,1-2H3,(H,33,36)/t25-/m0/s1. The lowest BCUT2D eigenvalue weighted by Gasteiger charge is -2.31. The van der Waals surface area contributed by atoms with E-state index in [1.807, 2.05) is 6.07 Å². The Morgan fingerprint density at radius 1 is 0.917 bits per heavy atom. The van der Waals surface area contributed by atoms with Gasteiger partial charge in [0.05, 0.1) is 0 Å². The average Bonchev–Trinajstić information content (AvgIpc) is 3.26. The number of benzene rings is 3. The first kappa shape index (κ1) is 24.3. The molecule has 1 atom stereocenters. The molecule has 36 heavy (non-hydrogen) atoms. The number of aryl methyl sites for hydroxylation is 1. The van der Waals surface area contributed by atoms with Gasteiger partial charge in [-0.1, -0.05) is 79.7 Å². The Labute approximate surface area is 214 Å². The van der Waals surface area contributed by atoms with Crippen LogP contribution >= 0.6 is 0 Å². The van der Waals surface area contributed by atoms with Crippen molar-refractivity contribution in [2.24, 2.45) is 5.92 Å². The zero-order valence-corrected chi connectivity index (χ0v) is 21.5. The molecule has 0 aliphatic carbocycles. The number of aromatic nitrogens is 1. The van der Waals surface area contributed by atoms with Crippen LogP contribution in [0.3, 0.4) is 0 Å². The van der Waals surface area contributed by atoms with Gasteiger partial charge in [0.2, 0.25) is 5.91 Å². The highest BCUT2D eigenvalue weighted by molar-refractivity contribution is 5.81. The number of hydrogen-bond acceptors (Lipinski definition) is 2. The summed E-state index contributed by atoms with van der Waals surface area (Å²) in [6, 6.07) is 30.1. The molecule has 4 aromatic rings. The average molecular weight is 480 g/mol. The van der Waals surface area contributed by atoms with Crippen LogP contribution in [0.4, 0.5) is 0 Å². The van der Waals surface area contributed by atoms with Crippen LogP contribution in [0.5, 0.6) is 0 Å². The van der Waals surface area contributed by atoms with Crippen molar-refractivity contribution in [1.82, 2.24) is 14.8 Å². The predicted octanol–water partition coefficient (Wildman–Crippen LogP) is 6.13. The van der Waals surface area contributed by atoms with Crippen molar-refractivity contribution in [2.45, 2.75) is 45.7 Å². The van der Waals surface area contributed by atoms with Crippen LogP contribution in [0, 0.1) is 12.8 Å². The van der Waals surface area contributed by atoms with E-state index >= 15 is 0 Å². The van der Waals surface area contributed by atoms with Gasteiger partial charge >= 0.3 is 0 Å². The largest absolute Gasteiger partial charge is 0.355 e. The predicted molar refractivity (Wildman–Crippen MR) is 148 cm³/mol. The maximum absolute atomic E-state index is 12.9. The fourth-order valence-electron chi connectivity index (χ4n) is 5.42. The van der Waals surface area contributed by atoms with E-state index in [1.165, 1.54) is 33.3 Å². The number of likely N-dealkylation sites (tertiary alicyclic amines) is 1. The Morgan fingerprint density at radius 2 is 1.61 bits per heavy atom. The Morgan fingerprint density at radius 3 is 2.39 bits per heavy atom. The fraction of sp³-hybridized carbons (Fsp3) is 0.344. The van der Waals surface area contributed by atoms with Gasteiger partial charge in [0.1, 0.15) is 0 Å². The van der Waals surface area contributed by atoms with Crippen molar-refractivity contribution in [2.75, 3.05) is 19.6 Å².